The monoisotopic (exact) mass is 292 g/mol. The number of aliphatic hydroxyl groups is 1. The zero-order chi connectivity index (χ0) is 14.7. The van der Waals surface area contributed by atoms with Gasteiger partial charge in [-0.05, 0) is 31.7 Å². The number of likely N-dealkylation sites (N-methyl/N-ethyl adjacent to an activating group) is 1. The summed E-state index contributed by atoms with van der Waals surface area (Å²) < 4.78 is 5.67. The zero-order valence-electron chi connectivity index (χ0n) is 12.6. The smallest absolute Gasteiger partial charge is 0.227 e. The van der Waals surface area contributed by atoms with E-state index in [9.17, 15) is 5.11 Å². The number of ether oxygens (including phenoxy) is 1. The Labute approximate surface area is 125 Å². The Morgan fingerprint density at radius 3 is 2.90 bits per heavy atom. The van der Waals surface area contributed by atoms with Gasteiger partial charge in [0.1, 0.15) is 5.82 Å². The lowest BCUT2D eigenvalue weighted by atomic mass is 10.1. The summed E-state index contributed by atoms with van der Waals surface area (Å²) in [6.45, 7) is 3.41. The predicted molar refractivity (Wildman–Crippen MR) is 81.7 cm³/mol. The molecule has 2 fully saturated rings. The van der Waals surface area contributed by atoms with Gasteiger partial charge < -0.3 is 19.6 Å². The third kappa shape index (κ3) is 3.63. The molecular weight excluding hydrogens is 268 g/mol. The molecule has 1 aromatic rings. The summed E-state index contributed by atoms with van der Waals surface area (Å²) in [5.74, 6) is 1.69. The SMILES string of the molecule is CN(C[C@@H]1CCCO1)c1nccc(N2CCC(O)CC2)n1. The molecule has 1 atom stereocenters. The highest BCUT2D eigenvalue weighted by Gasteiger charge is 2.21. The van der Waals surface area contributed by atoms with Crippen LogP contribution in [0.4, 0.5) is 11.8 Å². The number of aromatic nitrogens is 2. The molecule has 0 radical (unpaired) electrons. The largest absolute Gasteiger partial charge is 0.393 e. The first-order chi connectivity index (χ1) is 10.2. The van der Waals surface area contributed by atoms with E-state index < -0.39 is 0 Å². The lowest BCUT2D eigenvalue weighted by Crippen LogP contribution is -2.37. The van der Waals surface area contributed by atoms with Crippen molar-refractivity contribution in [3.63, 3.8) is 0 Å². The van der Waals surface area contributed by atoms with Crippen LogP contribution in [0.15, 0.2) is 12.3 Å². The highest BCUT2D eigenvalue weighted by atomic mass is 16.5. The summed E-state index contributed by atoms with van der Waals surface area (Å²) >= 11 is 0. The van der Waals surface area contributed by atoms with Gasteiger partial charge >= 0.3 is 0 Å². The van der Waals surface area contributed by atoms with Gasteiger partial charge in [-0.25, -0.2) is 4.98 Å². The van der Waals surface area contributed by atoms with Gasteiger partial charge in [0, 0.05) is 39.5 Å². The molecule has 6 heteroatoms. The highest BCUT2D eigenvalue weighted by molar-refractivity contribution is 5.43. The van der Waals surface area contributed by atoms with Crippen LogP contribution in [0.2, 0.25) is 0 Å². The number of hydrogen-bond acceptors (Lipinski definition) is 6. The molecule has 1 aromatic heterocycles. The lowest BCUT2D eigenvalue weighted by Gasteiger charge is -2.31. The molecule has 1 N–H and O–H groups in total. The van der Waals surface area contributed by atoms with Crippen LogP contribution in [0.1, 0.15) is 25.7 Å². The number of piperidine rings is 1. The summed E-state index contributed by atoms with van der Waals surface area (Å²) in [4.78, 5) is 13.3. The quantitative estimate of drug-likeness (QED) is 0.895. The van der Waals surface area contributed by atoms with Crippen LogP contribution < -0.4 is 9.80 Å². The fourth-order valence-corrected chi connectivity index (χ4v) is 2.97. The van der Waals surface area contributed by atoms with Crippen LogP contribution in [0, 0.1) is 0 Å². The standard InChI is InChI=1S/C15H24N4O2/c1-18(11-13-3-2-10-21-13)15-16-7-4-14(17-15)19-8-5-12(20)6-9-19/h4,7,12-13,20H,2-3,5-6,8-11H2,1H3/t13-/m0/s1. The van der Waals surface area contributed by atoms with Crippen LogP contribution in [-0.2, 0) is 4.74 Å². The van der Waals surface area contributed by atoms with Crippen molar-refractivity contribution in [3.05, 3.63) is 12.3 Å². The molecule has 2 aliphatic heterocycles. The minimum atomic E-state index is -0.162. The van der Waals surface area contributed by atoms with Crippen molar-refractivity contribution in [2.24, 2.45) is 0 Å². The zero-order valence-corrected chi connectivity index (χ0v) is 12.6. The van der Waals surface area contributed by atoms with E-state index in [0.717, 1.165) is 63.7 Å². The summed E-state index contributed by atoms with van der Waals surface area (Å²) in [6, 6.07) is 1.95. The first-order valence-corrected chi connectivity index (χ1v) is 7.81. The van der Waals surface area contributed by atoms with E-state index in [4.69, 9.17) is 4.74 Å². The van der Waals surface area contributed by atoms with E-state index in [2.05, 4.69) is 19.8 Å². The Kier molecular flexibility index (Phi) is 4.55. The van der Waals surface area contributed by atoms with Gasteiger partial charge in [-0.1, -0.05) is 0 Å². The van der Waals surface area contributed by atoms with Crippen LogP contribution in [0.25, 0.3) is 0 Å². The second kappa shape index (κ2) is 6.58. The number of anilines is 2. The molecule has 2 saturated heterocycles. The second-order valence-electron chi connectivity index (χ2n) is 5.95. The topological polar surface area (TPSA) is 61.7 Å². The maximum atomic E-state index is 9.59. The Morgan fingerprint density at radius 1 is 1.38 bits per heavy atom. The van der Waals surface area contributed by atoms with E-state index in [1.807, 2.05) is 19.3 Å². The molecule has 6 nitrogen and oxygen atoms in total. The molecule has 3 rings (SSSR count). The number of nitrogens with zero attached hydrogens (tertiary/aromatic N) is 4. The molecule has 0 spiro atoms. The van der Waals surface area contributed by atoms with Gasteiger partial charge in [0.15, 0.2) is 0 Å². The molecule has 21 heavy (non-hydrogen) atoms. The van der Waals surface area contributed by atoms with Crippen molar-refractivity contribution in [1.29, 1.82) is 0 Å². The molecule has 0 bridgehead atoms. The number of aliphatic hydroxyl groups excluding tert-OH is 1. The minimum absolute atomic E-state index is 0.162. The molecule has 0 aromatic carbocycles. The maximum Gasteiger partial charge on any atom is 0.227 e. The Bertz CT molecular complexity index is 457. The van der Waals surface area contributed by atoms with Crippen LogP contribution >= 0.6 is 0 Å². The van der Waals surface area contributed by atoms with E-state index >= 15 is 0 Å². The molecule has 2 aliphatic rings. The molecular formula is C15H24N4O2. The van der Waals surface area contributed by atoms with Gasteiger partial charge in [-0.3, -0.25) is 0 Å². The Morgan fingerprint density at radius 2 is 2.19 bits per heavy atom. The molecule has 0 amide bonds. The normalized spacial score (nSPS) is 23.5. The highest BCUT2D eigenvalue weighted by Crippen LogP contribution is 2.20. The van der Waals surface area contributed by atoms with Gasteiger partial charge in [0.2, 0.25) is 5.95 Å². The predicted octanol–water partition coefficient (Wildman–Crippen LogP) is 1.05. The fraction of sp³-hybridized carbons (Fsp3) is 0.733. The lowest BCUT2D eigenvalue weighted by molar-refractivity contribution is 0.116. The first kappa shape index (κ1) is 14.5. The van der Waals surface area contributed by atoms with Crippen molar-refractivity contribution in [3.8, 4) is 0 Å². The van der Waals surface area contributed by atoms with E-state index in [0.29, 0.717) is 6.10 Å². The molecule has 3 heterocycles. The van der Waals surface area contributed by atoms with E-state index in [1.54, 1.807) is 0 Å². The Hall–Kier alpha value is -1.40. The average Bonchev–Trinajstić information content (AvgIpc) is 3.01. The minimum Gasteiger partial charge on any atom is -0.393 e. The third-order valence-electron chi connectivity index (χ3n) is 4.26. The second-order valence-corrected chi connectivity index (χ2v) is 5.95. The summed E-state index contributed by atoms with van der Waals surface area (Å²) in [6.07, 6.45) is 5.84. The van der Waals surface area contributed by atoms with Gasteiger partial charge in [0.05, 0.1) is 12.2 Å². The van der Waals surface area contributed by atoms with Crippen molar-refractivity contribution < 1.29 is 9.84 Å². The van der Waals surface area contributed by atoms with Crippen LogP contribution in [0.5, 0.6) is 0 Å². The Balaban J connectivity index is 1.64. The molecule has 0 unspecified atom stereocenters. The van der Waals surface area contributed by atoms with E-state index in [-0.39, 0.29) is 6.10 Å². The van der Waals surface area contributed by atoms with Crippen molar-refractivity contribution >= 4 is 11.8 Å². The first-order valence-electron chi connectivity index (χ1n) is 7.81. The maximum absolute atomic E-state index is 9.59. The number of hydrogen-bond donors (Lipinski definition) is 1. The van der Waals surface area contributed by atoms with Crippen molar-refractivity contribution in [2.45, 2.75) is 37.9 Å². The van der Waals surface area contributed by atoms with Gasteiger partial charge in [-0.15, -0.1) is 0 Å². The number of rotatable bonds is 4. The summed E-state index contributed by atoms with van der Waals surface area (Å²) in [7, 11) is 2.01. The van der Waals surface area contributed by atoms with E-state index in [1.165, 1.54) is 0 Å². The van der Waals surface area contributed by atoms with Gasteiger partial charge in [0.25, 0.3) is 0 Å². The molecule has 116 valence electrons. The van der Waals surface area contributed by atoms with Crippen LogP contribution in [0.3, 0.4) is 0 Å². The molecule has 0 saturated carbocycles. The third-order valence-corrected chi connectivity index (χ3v) is 4.26. The summed E-state index contributed by atoms with van der Waals surface area (Å²) in [5.41, 5.74) is 0. The van der Waals surface area contributed by atoms with Crippen molar-refractivity contribution in [2.75, 3.05) is 43.1 Å². The van der Waals surface area contributed by atoms with Gasteiger partial charge in [-0.2, -0.15) is 4.98 Å². The van der Waals surface area contributed by atoms with Crippen LogP contribution in [-0.4, -0.2) is 60.6 Å². The average molecular weight is 292 g/mol. The molecule has 0 aliphatic carbocycles. The van der Waals surface area contributed by atoms with Crippen molar-refractivity contribution in [1.82, 2.24) is 9.97 Å². The fourth-order valence-electron chi connectivity index (χ4n) is 2.97. The summed E-state index contributed by atoms with van der Waals surface area (Å²) in [5, 5.41) is 9.59.